The molecule has 0 fully saturated rings. The molecule has 0 aromatic heterocycles. The summed E-state index contributed by atoms with van der Waals surface area (Å²) in [7, 11) is -0.724. The Morgan fingerprint density at radius 1 is 1.08 bits per heavy atom. The van der Waals surface area contributed by atoms with Gasteiger partial charge in [-0.1, -0.05) is 41.4 Å². The number of sulfonamides is 1. The number of halogens is 2. The Morgan fingerprint density at radius 2 is 1.67 bits per heavy atom. The van der Waals surface area contributed by atoms with Gasteiger partial charge in [0.25, 0.3) is 0 Å². The van der Waals surface area contributed by atoms with Crippen LogP contribution in [0, 0.1) is 0 Å². The van der Waals surface area contributed by atoms with Gasteiger partial charge in [0.1, 0.15) is 0 Å². The molecule has 0 saturated carbocycles. The lowest BCUT2D eigenvalue weighted by Crippen LogP contribution is -2.22. The molecule has 2 aromatic rings. The minimum Gasteiger partial charge on any atom is -0.375 e. The van der Waals surface area contributed by atoms with E-state index in [9.17, 15) is 13.2 Å². The number of anilines is 1. The molecule has 8 heteroatoms. The Morgan fingerprint density at radius 3 is 2.25 bits per heavy atom. The van der Waals surface area contributed by atoms with E-state index in [0.29, 0.717) is 15.7 Å². The van der Waals surface area contributed by atoms with Crippen LogP contribution in [0.5, 0.6) is 0 Å². The normalized spacial score (nSPS) is 11.5. The zero-order valence-electron chi connectivity index (χ0n) is 13.1. The second-order valence-corrected chi connectivity index (χ2v) is 8.15. The van der Waals surface area contributed by atoms with Gasteiger partial charge in [-0.05, 0) is 24.3 Å². The number of nitrogens with zero attached hydrogens (tertiary/aromatic N) is 1. The summed E-state index contributed by atoms with van der Waals surface area (Å²) in [4.78, 5) is 12.4. The molecular weight excluding hydrogens is 371 g/mol. The molecule has 1 N–H and O–H groups in total. The van der Waals surface area contributed by atoms with E-state index < -0.39 is 10.0 Å². The molecule has 24 heavy (non-hydrogen) atoms. The van der Waals surface area contributed by atoms with Crippen molar-refractivity contribution >= 4 is 44.7 Å². The number of carbonyl (C=O) groups is 1. The molecule has 0 saturated heterocycles. The van der Waals surface area contributed by atoms with E-state index in [1.165, 1.54) is 32.3 Å². The third kappa shape index (κ3) is 4.08. The van der Waals surface area contributed by atoms with Gasteiger partial charge in [-0.2, -0.15) is 0 Å². The third-order valence-corrected chi connectivity index (χ3v) is 5.76. The van der Waals surface area contributed by atoms with Crippen LogP contribution in [0.2, 0.25) is 10.0 Å². The predicted molar refractivity (Wildman–Crippen MR) is 96.6 cm³/mol. The van der Waals surface area contributed by atoms with Gasteiger partial charge in [-0.3, -0.25) is 4.79 Å². The largest absolute Gasteiger partial charge is 0.375 e. The summed E-state index contributed by atoms with van der Waals surface area (Å²) < 4.78 is 25.4. The lowest BCUT2D eigenvalue weighted by molar-refractivity contribution is 0.101. The van der Waals surface area contributed by atoms with Gasteiger partial charge in [0.2, 0.25) is 10.0 Å². The smallest absolute Gasteiger partial charge is 0.242 e. The summed E-state index contributed by atoms with van der Waals surface area (Å²) in [5.41, 5.74) is 0.750. The Balaban J connectivity index is 2.20. The Hall–Kier alpha value is -1.60. The molecule has 0 spiro atoms. The van der Waals surface area contributed by atoms with Gasteiger partial charge < -0.3 is 5.32 Å². The minimum atomic E-state index is -3.59. The van der Waals surface area contributed by atoms with Gasteiger partial charge in [0, 0.05) is 19.7 Å². The Labute approximate surface area is 151 Å². The predicted octanol–water partition coefficient (Wildman–Crippen LogP) is 3.54. The summed E-state index contributed by atoms with van der Waals surface area (Å²) in [6.45, 7) is -0.0606. The van der Waals surface area contributed by atoms with Gasteiger partial charge in [-0.15, -0.1) is 0 Å². The highest BCUT2D eigenvalue weighted by molar-refractivity contribution is 7.89. The van der Waals surface area contributed by atoms with E-state index in [1.54, 1.807) is 24.3 Å². The molecule has 0 aliphatic rings. The number of carbonyl (C=O) groups excluding carboxylic acids is 1. The molecule has 0 radical (unpaired) electrons. The van der Waals surface area contributed by atoms with Crippen molar-refractivity contribution in [2.45, 2.75) is 4.90 Å². The first-order valence-electron chi connectivity index (χ1n) is 6.97. The minimum absolute atomic E-state index is 0.0606. The van der Waals surface area contributed by atoms with Crippen molar-refractivity contribution in [2.75, 3.05) is 26.0 Å². The summed E-state index contributed by atoms with van der Waals surface area (Å²) in [6.07, 6.45) is 0. The van der Waals surface area contributed by atoms with Gasteiger partial charge in [0.15, 0.2) is 5.78 Å². The summed E-state index contributed by atoms with van der Waals surface area (Å²) in [6, 6.07) is 10.9. The first-order chi connectivity index (χ1) is 11.2. The molecule has 0 aliphatic heterocycles. The molecule has 0 heterocycles. The maximum absolute atomic E-state index is 12.3. The first-order valence-corrected chi connectivity index (χ1v) is 9.17. The SMILES string of the molecule is CN(C)S(=O)(=O)c1cccc(C(=O)CNc2c(Cl)cccc2Cl)c1. The van der Waals surface area contributed by atoms with Crippen LogP contribution in [0.1, 0.15) is 10.4 Å². The number of benzene rings is 2. The van der Waals surface area contributed by atoms with Crippen molar-refractivity contribution in [1.82, 2.24) is 4.31 Å². The van der Waals surface area contributed by atoms with Gasteiger partial charge in [0.05, 0.1) is 27.2 Å². The first kappa shape index (κ1) is 18.7. The number of hydrogen-bond donors (Lipinski definition) is 1. The molecule has 128 valence electrons. The van der Waals surface area contributed by atoms with Gasteiger partial charge >= 0.3 is 0 Å². The fraction of sp³-hybridized carbons (Fsp3) is 0.188. The zero-order valence-corrected chi connectivity index (χ0v) is 15.4. The van der Waals surface area contributed by atoms with Crippen molar-refractivity contribution in [3.63, 3.8) is 0 Å². The third-order valence-electron chi connectivity index (χ3n) is 3.32. The number of ketones is 1. The molecule has 2 aromatic carbocycles. The summed E-state index contributed by atoms with van der Waals surface area (Å²) >= 11 is 12.1. The van der Waals surface area contributed by atoms with Crippen molar-refractivity contribution in [3.8, 4) is 0 Å². The van der Waals surface area contributed by atoms with Crippen molar-refractivity contribution in [2.24, 2.45) is 0 Å². The van der Waals surface area contributed by atoms with Crippen LogP contribution in [0.3, 0.4) is 0 Å². The van der Waals surface area contributed by atoms with Crippen molar-refractivity contribution in [1.29, 1.82) is 0 Å². The average Bonchev–Trinajstić information content (AvgIpc) is 2.54. The van der Waals surface area contributed by atoms with Gasteiger partial charge in [-0.25, -0.2) is 12.7 Å². The highest BCUT2D eigenvalue weighted by atomic mass is 35.5. The quantitative estimate of drug-likeness (QED) is 0.770. The maximum atomic E-state index is 12.3. The van der Waals surface area contributed by atoms with Crippen molar-refractivity contribution < 1.29 is 13.2 Å². The molecule has 5 nitrogen and oxygen atoms in total. The summed E-state index contributed by atoms with van der Waals surface area (Å²) in [5.74, 6) is -0.276. The van der Waals surface area contributed by atoms with Crippen LogP contribution in [0.4, 0.5) is 5.69 Å². The second-order valence-electron chi connectivity index (χ2n) is 5.19. The van der Waals surface area contributed by atoms with E-state index in [0.717, 1.165) is 4.31 Å². The van der Waals surface area contributed by atoms with E-state index >= 15 is 0 Å². The van der Waals surface area contributed by atoms with E-state index in [-0.39, 0.29) is 22.8 Å². The van der Waals surface area contributed by atoms with E-state index in [4.69, 9.17) is 23.2 Å². The van der Waals surface area contributed by atoms with Crippen LogP contribution >= 0.6 is 23.2 Å². The van der Waals surface area contributed by atoms with Crippen LogP contribution in [-0.4, -0.2) is 39.1 Å². The number of Topliss-reactive ketones (excluding diaryl/α,β-unsaturated/α-hetero) is 1. The summed E-state index contributed by atoms with van der Waals surface area (Å²) in [5, 5.41) is 3.69. The van der Waals surface area contributed by atoms with E-state index in [1.807, 2.05) is 0 Å². The standard InChI is InChI=1S/C16H16Cl2N2O3S/c1-20(2)24(22,23)12-6-3-5-11(9-12)15(21)10-19-16-13(17)7-4-8-14(16)18/h3-9,19H,10H2,1-2H3. The van der Waals surface area contributed by atoms with Crippen LogP contribution in [-0.2, 0) is 10.0 Å². The number of para-hydroxylation sites is 1. The monoisotopic (exact) mass is 386 g/mol. The lowest BCUT2D eigenvalue weighted by atomic mass is 10.1. The molecular formula is C16H16Cl2N2O3S. The fourth-order valence-electron chi connectivity index (χ4n) is 1.98. The highest BCUT2D eigenvalue weighted by Gasteiger charge is 2.18. The second kappa shape index (κ2) is 7.53. The topological polar surface area (TPSA) is 66.5 Å². The van der Waals surface area contributed by atoms with Crippen LogP contribution < -0.4 is 5.32 Å². The number of hydrogen-bond acceptors (Lipinski definition) is 4. The molecule has 0 unspecified atom stereocenters. The molecule has 0 atom stereocenters. The van der Waals surface area contributed by atoms with Crippen LogP contribution in [0.25, 0.3) is 0 Å². The lowest BCUT2D eigenvalue weighted by Gasteiger charge is -2.13. The molecule has 0 amide bonds. The maximum Gasteiger partial charge on any atom is 0.242 e. The van der Waals surface area contributed by atoms with E-state index in [2.05, 4.69) is 5.32 Å². The van der Waals surface area contributed by atoms with Crippen molar-refractivity contribution in [3.05, 3.63) is 58.1 Å². The number of nitrogens with one attached hydrogen (secondary N) is 1. The van der Waals surface area contributed by atoms with Crippen LogP contribution in [0.15, 0.2) is 47.4 Å². The molecule has 0 aliphatic carbocycles. The fourth-order valence-corrected chi connectivity index (χ4v) is 3.46. The Kier molecular flexibility index (Phi) is 5.87. The Bertz CT molecular complexity index is 847. The molecule has 2 rings (SSSR count). The average molecular weight is 387 g/mol. The highest BCUT2D eigenvalue weighted by Crippen LogP contribution is 2.29. The number of rotatable bonds is 6. The zero-order chi connectivity index (χ0) is 17.9. The molecule has 0 bridgehead atoms.